The maximum absolute atomic E-state index is 4.76. The van der Waals surface area contributed by atoms with Crippen molar-refractivity contribution in [3.63, 3.8) is 0 Å². The van der Waals surface area contributed by atoms with Gasteiger partial charge in [-0.3, -0.25) is 4.40 Å². The molecule has 3 aromatic heterocycles. The van der Waals surface area contributed by atoms with Gasteiger partial charge in [0.15, 0.2) is 11.5 Å². The summed E-state index contributed by atoms with van der Waals surface area (Å²) in [6.07, 6.45) is 4.64. The Morgan fingerprint density at radius 2 is 2.17 bits per heavy atom. The highest BCUT2D eigenvalue weighted by atomic mass is 32.1. The van der Waals surface area contributed by atoms with E-state index in [1.165, 1.54) is 17.8 Å². The van der Waals surface area contributed by atoms with Crippen LogP contribution in [0.4, 0.5) is 0 Å². The first kappa shape index (κ1) is 14.8. The first-order valence-electron chi connectivity index (χ1n) is 8.19. The van der Waals surface area contributed by atoms with E-state index in [2.05, 4.69) is 39.1 Å². The summed E-state index contributed by atoms with van der Waals surface area (Å²) in [5.41, 5.74) is 2.02. The Morgan fingerprint density at radius 1 is 1.30 bits per heavy atom. The van der Waals surface area contributed by atoms with Gasteiger partial charge in [0.25, 0.3) is 0 Å². The molecule has 0 aliphatic heterocycles. The number of rotatable bonds is 6. The van der Waals surface area contributed by atoms with Crippen LogP contribution in [0, 0.1) is 5.92 Å². The fourth-order valence-corrected chi connectivity index (χ4v) is 3.82. The number of fused-ring (bicyclic) bond motifs is 1. The van der Waals surface area contributed by atoms with Gasteiger partial charge in [-0.2, -0.15) is 0 Å². The van der Waals surface area contributed by atoms with Crippen LogP contribution in [0.25, 0.3) is 5.65 Å². The summed E-state index contributed by atoms with van der Waals surface area (Å²) in [7, 11) is 0. The number of pyridine rings is 1. The minimum atomic E-state index is 0.151. The highest BCUT2D eigenvalue weighted by molar-refractivity contribution is 7.09. The molecule has 0 amide bonds. The van der Waals surface area contributed by atoms with Crippen LogP contribution >= 0.6 is 11.3 Å². The van der Waals surface area contributed by atoms with Gasteiger partial charge in [0.1, 0.15) is 0 Å². The van der Waals surface area contributed by atoms with Crippen molar-refractivity contribution in [1.29, 1.82) is 0 Å². The lowest BCUT2D eigenvalue weighted by Gasteiger charge is -2.20. The zero-order valence-electron chi connectivity index (χ0n) is 13.4. The Labute approximate surface area is 139 Å². The van der Waals surface area contributed by atoms with Crippen LogP contribution in [0.1, 0.15) is 55.2 Å². The molecular weight excluding hydrogens is 306 g/mol. The highest BCUT2D eigenvalue weighted by Gasteiger charge is 2.27. The largest absolute Gasteiger partial charge is 0.301 e. The van der Waals surface area contributed by atoms with Gasteiger partial charge in [-0.25, -0.2) is 4.98 Å². The maximum atomic E-state index is 4.76. The van der Waals surface area contributed by atoms with Gasteiger partial charge in [-0.1, -0.05) is 19.9 Å². The predicted molar refractivity (Wildman–Crippen MR) is 91.5 cm³/mol. The number of thiazole rings is 1. The maximum Gasteiger partial charge on any atom is 0.160 e. The molecule has 1 fully saturated rings. The predicted octanol–water partition coefficient (Wildman–Crippen LogP) is 3.55. The second kappa shape index (κ2) is 6.02. The average Bonchev–Trinajstić information content (AvgIpc) is 3.15. The Morgan fingerprint density at radius 3 is 2.96 bits per heavy atom. The molecule has 0 spiro atoms. The van der Waals surface area contributed by atoms with E-state index in [-0.39, 0.29) is 6.04 Å². The van der Waals surface area contributed by atoms with Crippen LogP contribution in [0.5, 0.6) is 0 Å². The Kier molecular flexibility index (Phi) is 3.87. The molecule has 23 heavy (non-hydrogen) atoms. The zero-order chi connectivity index (χ0) is 15.8. The Hall–Kier alpha value is -1.79. The van der Waals surface area contributed by atoms with Gasteiger partial charge < -0.3 is 5.32 Å². The molecule has 0 radical (unpaired) electrons. The van der Waals surface area contributed by atoms with E-state index in [0.29, 0.717) is 5.92 Å². The first-order chi connectivity index (χ1) is 11.2. The molecule has 4 rings (SSSR count). The van der Waals surface area contributed by atoms with Crippen LogP contribution in [0.15, 0.2) is 29.8 Å². The number of aromatic nitrogens is 4. The number of nitrogens with zero attached hydrogens (tertiary/aromatic N) is 4. The standard InChI is InChI=1S/C17H21N5S/c1-11(2)15(16-21-20-14-5-3-4-8-22(14)16)18-9-13-10-23-17(19-13)12-6-7-12/h3-5,8,10-12,15,18H,6-7,9H2,1-2H3/t15-/m0/s1. The third-order valence-electron chi connectivity index (χ3n) is 4.28. The monoisotopic (exact) mass is 327 g/mol. The molecule has 1 N–H and O–H groups in total. The van der Waals surface area contributed by atoms with Crippen molar-refractivity contribution in [3.8, 4) is 0 Å². The summed E-state index contributed by atoms with van der Waals surface area (Å²) in [6, 6.07) is 6.13. The van der Waals surface area contributed by atoms with E-state index >= 15 is 0 Å². The SMILES string of the molecule is CC(C)[C@H](NCc1csc(C2CC2)n1)c1nnc2ccccn12. The van der Waals surface area contributed by atoms with E-state index in [9.17, 15) is 0 Å². The van der Waals surface area contributed by atoms with Crippen LogP contribution in [-0.4, -0.2) is 19.6 Å². The van der Waals surface area contributed by atoms with Crippen molar-refractivity contribution in [2.24, 2.45) is 5.92 Å². The van der Waals surface area contributed by atoms with Crippen molar-refractivity contribution in [1.82, 2.24) is 24.9 Å². The van der Waals surface area contributed by atoms with Crippen molar-refractivity contribution in [2.75, 3.05) is 0 Å². The van der Waals surface area contributed by atoms with Crippen LogP contribution in [0.3, 0.4) is 0 Å². The smallest absolute Gasteiger partial charge is 0.160 e. The van der Waals surface area contributed by atoms with E-state index < -0.39 is 0 Å². The molecule has 0 bridgehead atoms. The topological polar surface area (TPSA) is 55.1 Å². The molecule has 0 unspecified atom stereocenters. The number of nitrogens with one attached hydrogen (secondary N) is 1. The first-order valence-corrected chi connectivity index (χ1v) is 9.07. The lowest BCUT2D eigenvalue weighted by Crippen LogP contribution is -2.27. The molecule has 3 heterocycles. The van der Waals surface area contributed by atoms with E-state index in [1.807, 2.05) is 24.4 Å². The van der Waals surface area contributed by atoms with Gasteiger partial charge in [-0.15, -0.1) is 21.5 Å². The Bertz CT molecular complexity index is 802. The molecule has 3 aromatic rings. The quantitative estimate of drug-likeness (QED) is 0.752. The molecule has 120 valence electrons. The molecule has 5 nitrogen and oxygen atoms in total. The van der Waals surface area contributed by atoms with Crippen molar-refractivity contribution >= 4 is 17.0 Å². The third-order valence-corrected chi connectivity index (χ3v) is 5.34. The number of hydrogen-bond donors (Lipinski definition) is 1. The molecule has 1 aliphatic carbocycles. The van der Waals surface area contributed by atoms with E-state index in [0.717, 1.165) is 29.6 Å². The molecule has 0 aromatic carbocycles. The average molecular weight is 327 g/mol. The lowest BCUT2D eigenvalue weighted by molar-refractivity contribution is 0.388. The minimum Gasteiger partial charge on any atom is -0.301 e. The lowest BCUT2D eigenvalue weighted by atomic mass is 10.0. The summed E-state index contributed by atoms with van der Waals surface area (Å²) in [6.45, 7) is 5.19. The van der Waals surface area contributed by atoms with E-state index in [4.69, 9.17) is 4.98 Å². The molecule has 1 aliphatic rings. The minimum absolute atomic E-state index is 0.151. The molecule has 1 saturated carbocycles. The summed E-state index contributed by atoms with van der Waals surface area (Å²) < 4.78 is 2.06. The second-order valence-electron chi connectivity index (χ2n) is 6.54. The van der Waals surface area contributed by atoms with Crippen molar-refractivity contribution in [3.05, 3.63) is 46.3 Å². The summed E-state index contributed by atoms with van der Waals surface area (Å²) in [5.74, 6) is 2.12. The molecule has 1 atom stereocenters. The molecular formula is C17H21N5S. The van der Waals surface area contributed by atoms with Gasteiger partial charge in [0.2, 0.25) is 0 Å². The van der Waals surface area contributed by atoms with Crippen molar-refractivity contribution in [2.45, 2.75) is 45.2 Å². The normalized spacial score (nSPS) is 16.3. The number of hydrogen-bond acceptors (Lipinski definition) is 5. The Balaban J connectivity index is 1.53. The fourth-order valence-electron chi connectivity index (χ4n) is 2.83. The van der Waals surface area contributed by atoms with Gasteiger partial charge in [0.05, 0.1) is 16.7 Å². The second-order valence-corrected chi connectivity index (χ2v) is 7.43. The molecule has 6 heteroatoms. The fraction of sp³-hybridized carbons (Fsp3) is 0.471. The third kappa shape index (κ3) is 3.01. The zero-order valence-corrected chi connectivity index (χ0v) is 14.3. The van der Waals surface area contributed by atoms with Crippen LogP contribution < -0.4 is 5.32 Å². The van der Waals surface area contributed by atoms with Crippen molar-refractivity contribution < 1.29 is 0 Å². The summed E-state index contributed by atoms with van der Waals surface area (Å²) in [4.78, 5) is 4.76. The summed E-state index contributed by atoms with van der Waals surface area (Å²) in [5, 5.41) is 15.8. The van der Waals surface area contributed by atoms with Gasteiger partial charge >= 0.3 is 0 Å². The van der Waals surface area contributed by atoms with Gasteiger partial charge in [-0.05, 0) is 30.9 Å². The van der Waals surface area contributed by atoms with Gasteiger partial charge in [0, 0.05) is 24.0 Å². The van der Waals surface area contributed by atoms with E-state index in [1.54, 1.807) is 11.3 Å². The highest BCUT2D eigenvalue weighted by Crippen LogP contribution is 2.41. The van der Waals surface area contributed by atoms with Crippen LogP contribution in [-0.2, 0) is 6.54 Å². The summed E-state index contributed by atoms with van der Waals surface area (Å²) >= 11 is 1.80. The van der Waals surface area contributed by atoms with Crippen LogP contribution in [0.2, 0.25) is 0 Å². The molecule has 0 saturated heterocycles.